The van der Waals surface area contributed by atoms with Gasteiger partial charge in [-0.05, 0) is 80.4 Å². The molecule has 4 aliphatic rings. The largest absolute Gasteiger partial charge is 0.390 e. The van der Waals surface area contributed by atoms with Crippen LogP contribution in [-0.2, 0) is 4.79 Å². The highest BCUT2D eigenvalue weighted by molar-refractivity contribution is 7.98. The van der Waals surface area contributed by atoms with Gasteiger partial charge >= 0.3 is 0 Å². The summed E-state index contributed by atoms with van der Waals surface area (Å²) in [4.78, 5) is 11.8. The number of ketones is 1. The number of hydrogen-bond acceptors (Lipinski definition) is 3. The summed E-state index contributed by atoms with van der Waals surface area (Å²) in [5.41, 5.74) is -1.59. The van der Waals surface area contributed by atoms with Gasteiger partial charge in [-0.2, -0.15) is 11.8 Å². The second-order valence-electron chi connectivity index (χ2n) is 9.08. The topological polar surface area (TPSA) is 37.3 Å². The molecule has 3 saturated carbocycles. The van der Waals surface area contributed by atoms with Gasteiger partial charge in [0, 0.05) is 11.3 Å². The minimum absolute atomic E-state index is 0.0362. The summed E-state index contributed by atoms with van der Waals surface area (Å²) in [5, 5.41) is 11.1. The van der Waals surface area contributed by atoms with Crippen LogP contribution in [0.3, 0.4) is 0 Å². The van der Waals surface area contributed by atoms with Gasteiger partial charge in [-0.25, -0.2) is 4.39 Å². The van der Waals surface area contributed by atoms with E-state index in [2.05, 4.69) is 13.2 Å². The first-order valence-corrected chi connectivity index (χ1v) is 11.0. The smallest absolute Gasteiger partial charge is 0.178 e. The number of aliphatic hydroxyl groups is 1. The Bertz CT molecular complexity index is 658. The van der Waals surface area contributed by atoms with Crippen LogP contribution in [0.4, 0.5) is 4.39 Å². The van der Waals surface area contributed by atoms with Gasteiger partial charge in [-0.3, -0.25) is 4.79 Å². The minimum Gasteiger partial charge on any atom is -0.390 e. The standard InChI is InChI=1S/C21H29FO2S/c1-19-11-18(24)21(22)17(16(19)6-5-14(19)12-25-3)7-4-13-10-15(23)8-9-20(13,21)2/h8-10,14,16-18,24H,4-7,11-12H2,1-3H3/t14-,16-,17-,18-,19+,20-,21?/m0/s1. The molecule has 4 rings (SSSR count). The van der Waals surface area contributed by atoms with E-state index in [1.165, 1.54) is 6.08 Å². The first-order valence-electron chi connectivity index (χ1n) is 9.57. The minimum atomic E-state index is -1.66. The van der Waals surface area contributed by atoms with E-state index < -0.39 is 17.2 Å². The van der Waals surface area contributed by atoms with Crippen molar-refractivity contribution in [1.29, 1.82) is 0 Å². The van der Waals surface area contributed by atoms with Crippen LogP contribution in [-0.4, -0.2) is 34.7 Å². The van der Waals surface area contributed by atoms with Gasteiger partial charge < -0.3 is 5.11 Å². The molecular formula is C21H29FO2S. The highest BCUT2D eigenvalue weighted by Crippen LogP contribution is 2.68. The van der Waals surface area contributed by atoms with Crippen LogP contribution in [0.1, 0.15) is 46.0 Å². The highest BCUT2D eigenvalue weighted by Gasteiger charge is 2.70. The number of hydrogen-bond donors (Lipinski definition) is 1. The summed E-state index contributed by atoms with van der Waals surface area (Å²) < 4.78 is 16.7. The van der Waals surface area contributed by atoms with Crippen LogP contribution >= 0.6 is 11.8 Å². The number of alkyl halides is 1. The molecule has 3 fully saturated rings. The fraction of sp³-hybridized carbons (Fsp3) is 0.762. The molecular weight excluding hydrogens is 335 g/mol. The predicted molar refractivity (Wildman–Crippen MR) is 100 cm³/mol. The number of fused-ring (bicyclic) bond motifs is 5. The van der Waals surface area contributed by atoms with Crippen molar-refractivity contribution in [3.63, 3.8) is 0 Å². The Balaban J connectivity index is 1.77. The number of rotatable bonds is 2. The zero-order chi connectivity index (χ0) is 18.0. The molecule has 25 heavy (non-hydrogen) atoms. The van der Waals surface area contributed by atoms with Crippen molar-refractivity contribution in [2.45, 2.75) is 57.7 Å². The van der Waals surface area contributed by atoms with Gasteiger partial charge in [0.25, 0.3) is 0 Å². The molecule has 0 bridgehead atoms. The molecule has 0 aromatic carbocycles. The van der Waals surface area contributed by atoms with Crippen molar-refractivity contribution in [2.75, 3.05) is 12.0 Å². The fourth-order valence-electron chi connectivity index (χ4n) is 6.79. The number of carbonyl (C=O) groups excluding carboxylic acids is 1. The molecule has 0 heterocycles. The van der Waals surface area contributed by atoms with Gasteiger partial charge in [0.05, 0.1) is 6.10 Å². The van der Waals surface area contributed by atoms with E-state index in [9.17, 15) is 9.90 Å². The quantitative estimate of drug-likeness (QED) is 0.792. The summed E-state index contributed by atoms with van der Waals surface area (Å²) in [7, 11) is 0. The van der Waals surface area contributed by atoms with E-state index in [4.69, 9.17) is 0 Å². The average Bonchev–Trinajstić information content (AvgIpc) is 2.87. The van der Waals surface area contributed by atoms with Crippen LogP contribution in [0.25, 0.3) is 0 Å². The van der Waals surface area contributed by atoms with Crippen molar-refractivity contribution < 1.29 is 14.3 Å². The molecule has 0 spiro atoms. The van der Waals surface area contributed by atoms with Gasteiger partial charge in [0.2, 0.25) is 0 Å². The number of allylic oxidation sites excluding steroid dienone is 4. The first-order chi connectivity index (χ1) is 11.8. The third-order valence-electron chi connectivity index (χ3n) is 8.20. The van der Waals surface area contributed by atoms with Gasteiger partial charge in [0.15, 0.2) is 11.5 Å². The van der Waals surface area contributed by atoms with E-state index in [0.29, 0.717) is 18.3 Å². The lowest BCUT2D eigenvalue weighted by atomic mass is 9.45. The van der Waals surface area contributed by atoms with E-state index in [1.54, 1.807) is 12.2 Å². The second kappa shape index (κ2) is 5.69. The first kappa shape index (κ1) is 17.8. The highest BCUT2D eigenvalue weighted by atomic mass is 32.2. The molecule has 0 aromatic rings. The molecule has 1 N–H and O–H groups in total. The Hall–Kier alpha value is -0.610. The number of carbonyl (C=O) groups is 1. The molecule has 138 valence electrons. The number of aliphatic hydroxyl groups excluding tert-OH is 1. The van der Waals surface area contributed by atoms with E-state index >= 15 is 4.39 Å². The monoisotopic (exact) mass is 364 g/mol. The molecule has 4 heteroatoms. The maximum atomic E-state index is 16.7. The van der Waals surface area contributed by atoms with Crippen molar-refractivity contribution in [3.8, 4) is 0 Å². The molecule has 2 nitrogen and oxygen atoms in total. The summed E-state index contributed by atoms with van der Waals surface area (Å²) in [6, 6.07) is 0. The zero-order valence-corrected chi connectivity index (χ0v) is 16.2. The SMILES string of the molecule is CSC[C@@H]1CC[C@H]2[C@@H]3CCC4=CC(=O)C=C[C@]4(C)C3(F)[C@@H](O)C[C@]12C. The van der Waals surface area contributed by atoms with Crippen molar-refractivity contribution in [1.82, 2.24) is 0 Å². The maximum Gasteiger partial charge on any atom is 0.178 e. The van der Waals surface area contributed by atoms with Crippen molar-refractivity contribution in [3.05, 3.63) is 23.8 Å². The third-order valence-corrected chi connectivity index (χ3v) is 8.94. The Morgan fingerprint density at radius 1 is 1.28 bits per heavy atom. The van der Waals surface area contributed by atoms with E-state index in [0.717, 1.165) is 37.0 Å². The molecule has 7 atom stereocenters. The van der Waals surface area contributed by atoms with Crippen LogP contribution in [0.2, 0.25) is 0 Å². The summed E-state index contributed by atoms with van der Waals surface area (Å²) >= 11 is 1.87. The number of thioether (sulfide) groups is 1. The molecule has 0 aliphatic heterocycles. The normalized spacial score (nSPS) is 51.6. The Labute approximate surface area is 154 Å². The van der Waals surface area contributed by atoms with Crippen molar-refractivity contribution in [2.24, 2.45) is 28.6 Å². The lowest BCUT2D eigenvalue weighted by Crippen LogP contribution is -2.66. The maximum absolute atomic E-state index is 16.7. The Kier molecular flexibility index (Phi) is 4.05. The van der Waals surface area contributed by atoms with Crippen LogP contribution in [0, 0.1) is 28.6 Å². The molecule has 4 aliphatic carbocycles. The zero-order valence-electron chi connectivity index (χ0n) is 15.4. The molecule has 0 amide bonds. The van der Waals surface area contributed by atoms with Crippen LogP contribution < -0.4 is 0 Å². The Morgan fingerprint density at radius 2 is 2.04 bits per heavy atom. The fourth-order valence-corrected chi connectivity index (χ4v) is 7.74. The summed E-state index contributed by atoms with van der Waals surface area (Å²) in [5.74, 6) is 1.84. The second-order valence-corrected chi connectivity index (χ2v) is 9.99. The third kappa shape index (κ3) is 2.16. The molecule has 0 aromatic heterocycles. The molecule has 0 saturated heterocycles. The van der Waals surface area contributed by atoms with Crippen molar-refractivity contribution >= 4 is 17.5 Å². The lowest BCUT2D eigenvalue weighted by molar-refractivity contribution is -0.193. The number of halogens is 1. The Morgan fingerprint density at radius 3 is 2.76 bits per heavy atom. The molecule has 0 radical (unpaired) electrons. The van der Waals surface area contributed by atoms with Gasteiger partial charge in [0.1, 0.15) is 0 Å². The summed E-state index contributed by atoms with van der Waals surface area (Å²) in [6.07, 6.45) is 10.3. The van der Waals surface area contributed by atoms with E-state index in [-0.39, 0.29) is 17.1 Å². The lowest BCUT2D eigenvalue weighted by Gasteiger charge is -2.62. The predicted octanol–water partition coefficient (Wildman–Crippen LogP) is 4.34. The molecule has 1 unspecified atom stereocenters. The van der Waals surface area contributed by atoms with Gasteiger partial charge in [-0.1, -0.05) is 18.6 Å². The average molecular weight is 365 g/mol. The van der Waals surface area contributed by atoms with Crippen LogP contribution in [0.15, 0.2) is 23.8 Å². The summed E-state index contributed by atoms with van der Waals surface area (Å²) in [6.45, 7) is 4.19. The van der Waals surface area contributed by atoms with Gasteiger partial charge in [-0.15, -0.1) is 0 Å². The van der Waals surface area contributed by atoms with Crippen LogP contribution in [0.5, 0.6) is 0 Å². The van der Waals surface area contributed by atoms with E-state index in [1.807, 2.05) is 18.7 Å².